The lowest BCUT2D eigenvalue weighted by Crippen LogP contribution is -2.22. The number of aromatic hydroxyl groups is 2. The Morgan fingerprint density at radius 2 is 1.95 bits per heavy atom. The molecule has 0 fully saturated rings. The third kappa shape index (κ3) is 4.92. The zero-order valence-corrected chi connectivity index (χ0v) is 14.0. The van der Waals surface area contributed by atoms with E-state index in [9.17, 15) is 19.8 Å². The number of rotatable bonds is 6. The largest absolute Gasteiger partial charge is 0.506 e. The smallest absolute Gasteiger partial charge is 0.341 e. The van der Waals surface area contributed by atoms with E-state index in [1.807, 2.05) is 0 Å². The number of carbonyl (C=O) groups is 2. The summed E-state index contributed by atoms with van der Waals surface area (Å²) >= 11 is 0. The molecular weight excluding hydrogens is 302 g/mol. The summed E-state index contributed by atoms with van der Waals surface area (Å²) < 4.78 is 5.13. The van der Waals surface area contributed by atoms with Crippen molar-refractivity contribution in [1.82, 2.24) is 0 Å². The fourth-order valence-electron chi connectivity index (χ4n) is 1.57. The highest BCUT2D eigenvalue weighted by molar-refractivity contribution is 6.76. The van der Waals surface area contributed by atoms with Gasteiger partial charge in [0.05, 0.1) is 6.61 Å². The van der Waals surface area contributed by atoms with Gasteiger partial charge in [-0.25, -0.2) is 4.79 Å². The second kappa shape index (κ2) is 7.12. The first kappa shape index (κ1) is 17.8. The molecule has 0 atom stereocenters. The van der Waals surface area contributed by atoms with E-state index >= 15 is 0 Å². The molecule has 1 aromatic carbocycles. The summed E-state index contributed by atoms with van der Waals surface area (Å²) in [4.78, 5) is 23.3. The number of hydrogen-bond donors (Lipinski definition) is 3. The topological polar surface area (TPSA) is 95.9 Å². The van der Waals surface area contributed by atoms with Crippen LogP contribution in [0, 0.1) is 0 Å². The van der Waals surface area contributed by atoms with Gasteiger partial charge in [-0.1, -0.05) is 26.2 Å². The van der Waals surface area contributed by atoms with Gasteiger partial charge in [0.1, 0.15) is 17.0 Å². The van der Waals surface area contributed by atoms with Crippen molar-refractivity contribution in [3.05, 3.63) is 30.4 Å². The van der Waals surface area contributed by atoms with Crippen molar-refractivity contribution in [2.24, 2.45) is 0 Å². The molecule has 0 unspecified atom stereocenters. The van der Waals surface area contributed by atoms with Crippen LogP contribution in [0.3, 0.4) is 0 Å². The van der Waals surface area contributed by atoms with Crippen LogP contribution in [0.5, 0.6) is 11.5 Å². The zero-order valence-electron chi connectivity index (χ0n) is 13.0. The molecule has 7 heteroatoms. The third-order valence-corrected chi connectivity index (χ3v) is 4.60. The Balaban J connectivity index is 2.91. The van der Waals surface area contributed by atoms with Crippen molar-refractivity contribution in [1.29, 1.82) is 0 Å². The highest BCUT2D eigenvalue weighted by Gasteiger charge is 2.21. The number of anilines is 1. The van der Waals surface area contributed by atoms with Gasteiger partial charge in [0.2, 0.25) is 5.91 Å². The molecule has 0 aliphatic heterocycles. The monoisotopic (exact) mass is 323 g/mol. The molecule has 0 heterocycles. The zero-order chi connectivity index (χ0) is 16.9. The maximum Gasteiger partial charge on any atom is 0.341 e. The van der Waals surface area contributed by atoms with Crippen LogP contribution in [0.4, 0.5) is 5.69 Å². The molecule has 120 valence electrons. The highest BCUT2D eigenvalue weighted by atomic mass is 28.3. The molecule has 0 aromatic heterocycles. The van der Waals surface area contributed by atoms with Crippen molar-refractivity contribution in [3.8, 4) is 11.5 Å². The van der Waals surface area contributed by atoms with Crippen LogP contribution in [0.25, 0.3) is 0 Å². The van der Waals surface area contributed by atoms with Crippen molar-refractivity contribution in [3.63, 3.8) is 0 Å². The fourth-order valence-corrected chi connectivity index (χ4v) is 2.28. The van der Waals surface area contributed by atoms with Gasteiger partial charge >= 0.3 is 5.97 Å². The minimum atomic E-state index is -1.33. The summed E-state index contributed by atoms with van der Waals surface area (Å²) in [6.07, 6.45) is 0.984. The molecule has 6 nitrogen and oxygen atoms in total. The summed E-state index contributed by atoms with van der Waals surface area (Å²) in [6.45, 7) is 10.0. The van der Waals surface area contributed by atoms with Gasteiger partial charge in [0.15, 0.2) is 5.75 Å². The molecule has 0 radical (unpaired) electrons. The van der Waals surface area contributed by atoms with Crippen LogP contribution in [-0.2, 0) is 9.53 Å². The molecule has 0 bridgehead atoms. The standard InChI is InChI=1S/C15H21NO5Si/c1-5-12(18)16-13-11(17)7-6-10(14(13)19)15(20)21-8-9-22(2,3)4/h5-7,17,19H,1,8-9H2,2-4H3,(H,16,18). The highest BCUT2D eigenvalue weighted by Crippen LogP contribution is 2.36. The molecule has 0 saturated heterocycles. The van der Waals surface area contributed by atoms with Gasteiger partial charge in [0, 0.05) is 8.07 Å². The molecule has 1 rings (SSSR count). The van der Waals surface area contributed by atoms with Gasteiger partial charge in [-0.3, -0.25) is 4.79 Å². The average molecular weight is 323 g/mol. The molecule has 1 amide bonds. The van der Waals surface area contributed by atoms with Crippen molar-refractivity contribution in [2.45, 2.75) is 25.7 Å². The Bertz CT molecular complexity index is 592. The first-order valence-corrected chi connectivity index (χ1v) is 10.5. The number of nitrogens with one attached hydrogen (secondary N) is 1. The van der Waals surface area contributed by atoms with E-state index in [0.717, 1.165) is 12.1 Å². The van der Waals surface area contributed by atoms with E-state index in [1.54, 1.807) is 0 Å². The average Bonchev–Trinajstić information content (AvgIpc) is 2.41. The summed E-state index contributed by atoms with van der Waals surface area (Å²) in [7, 11) is -1.33. The fraction of sp³-hybridized carbons (Fsp3) is 0.333. The third-order valence-electron chi connectivity index (χ3n) is 2.89. The number of hydrogen-bond acceptors (Lipinski definition) is 5. The minimum absolute atomic E-state index is 0.118. The van der Waals surface area contributed by atoms with Gasteiger partial charge in [-0.2, -0.15) is 0 Å². The van der Waals surface area contributed by atoms with Gasteiger partial charge in [0.25, 0.3) is 0 Å². The van der Waals surface area contributed by atoms with E-state index in [-0.39, 0.29) is 23.6 Å². The summed E-state index contributed by atoms with van der Waals surface area (Å²) in [5, 5.41) is 22.0. The molecule has 3 N–H and O–H groups in total. The molecule has 1 aromatic rings. The van der Waals surface area contributed by atoms with Crippen LogP contribution in [0.1, 0.15) is 10.4 Å². The summed E-state index contributed by atoms with van der Waals surface area (Å²) in [6, 6.07) is 3.25. The maximum atomic E-state index is 12.0. The van der Waals surface area contributed by atoms with Crippen LogP contribution >= 0.6 is 0 Å². The lowest BCUT2D eigenvalue weighted by molar-refractivity contribution is -0.111. The second-order valence-corrected chi connectivity index (χ2v) is 11.6. The number of phenols is 2. The van der Waals surface area contributed by atoms with Crippen molar-refractivity contribution in [2.75, 3.05) is 11.9 Å². The summed E-state index contributed by atoms with van der Waals surface area (Å²) in [5.41, 5.74) is -0.364. The number of amides is 1. The predicted octanol–water partition coefficient (Wildman–Crippen LogP) is 2.72. The number of esters is 1. The first-order valence-electron chi connectivity index (χ1n) is 6.81. The van der Waals surface area contributed by atoms with E-state index < -0.39 is 25.7 Å². The number of carbonyl (C=O) groups excluding carboxylic acids is 2. The molecule has 22 heavy (non-hydrogen) atoms. The van der Waals surface area contributed by atoms with Crippen LogP contribution in [-0.4, -0.2) is 36.8 Å². The lowest BCUT2D eigenvalue weighted by Gasteiger charge is -2.16. The van der Waals surface area contributed by atoms with Crippen LogP contribution in [0.15, 0.2) is 24.8 Å². The Morgan fingerprint density at radius 1 is 1.32 bits per heavy atom. The van der Waals surface area contributed by atoms with Gasteiger partial charge < -0.3 is 20.3 Å². The summed E-state index contributed by atoms with van der Waals surface area (Å²) in [5.74, 6) is -2.21. The van der Waals surface area contributed by atoms with Crippen LogP contribution < -0.4 is 5.32 Å². The minimum Gasteiger partial charge on any atom is -0.506 e. The van der Waals surface area contributed by atoms with E-state index in [0.29, 0.717) is 0 Å². The van der Waals surface area contributed by atoms with Crippen LogP contribution in [0.2, 0.25) is 25.7 Å². The Morgan fingerprint density at radius 3 is 2.50 bits per heavy atom. The van der Waals surface area contributed by atoms with Gasteiger partial charge in [-0.15, -0.1) is 0 Å². The number of ether oxygens (including phenoxy) is 1. The SMILES string of the molecule is C=CC(=O)Nc1c(O)ccc(C(=O)OCC[Si](C)(C)C)c1O. The number of benzene rings is 1. The van der Waals surface area contributed by atoms with E-state index in [4.69, 9.17) is 4.74 Å². The molecule has 0 saturated carbocycles. The molecule has 0 spiro atoms. The lowest BCUT2D eigenvalue weighted by atomic mass is 10.1. The Labute approximate surface area is 130 Å². The Hall–Kier alpha value is -2.28. The van der Waals surface area contributed by atoms with E-state index in [1.165, 1.54) is 12.1 Å². The van der Waals surface area contributed by atoms with Gasteiger partial charge in [-0.05, 0) is 24.3 Å². The first-order chi connectivity index (χ1) is 10.2. The molecular formula is C15H21NO5Si. The quantitative estimate of drug-likeness (QED) is 0.324. The van der Waals surface area contributed by atoms with E-state index in [2.05, 4.69) is 31.5 Å². The molecule has 0 aliphatic carbocycles. The molecule has 0 aliphatic rings. The van der Waals surface area contributed by atoms with Crippen molar-refractivity contribution >= 4 is 25.6 Å². The van der Waals surface area contributed by atoms with Crippen molar-refractivity contribution < 1.29 is 24.5 Å². The second-order valence-electron chi connectivity index (χ2n) is 6.00. The number of phenolic OH excluding ortho intramolecular Hbond substituents is 2. The normalized spacial score (nSPS) is 10.9. The predicted molar refractivity (Wildman–Crippen MR) is 87.0 cm³/mol. The maximum absolute atomic E-state index is 12.0. The Kier molecular flexibility index (Phi) is 5.75.